The predicted molar refractivity (Wildman–Crippen MR) is 467 cm³/mol. The zero-order chi connectivity index (χ0) is 77.4. The molecule has 2 N–H and O–H groups in total. The SMILES string of the molecule is Brc1ccc(C=C2CCC(=Cc3ccc(Br)cc3)CC2)cc1.C(=C1CCC(=Cc2ccc(-c3cccc4ccccc34)cc2)CC1)c1ccc(-c2cccc3ccccc23)cc1.C1CCOC1.CC(C)(C)[O-].CCOP(=O)(Cc1ccc(Br)cc1)OCC.O=C1CCC(=O)CC1.OB(O)c1cccc2ccccc12.[K+]. The molecule has 110 heavy (non-hydrogen) atoms. The van der Waals surface area contributed by atoms with Gasteiger partial charge in [0, 0.05) is 52.3 Å². The van der Waals surface area contributed by atoms with Crippen molar-refractivity contribution in [2.24, 2.45) is 0 Å². The maximum Gasteiger partial charge on any atom is 1.00 e. The molecular weight excluding hydrogens is 1610 g/mol. The molecule has 564 valence electrons. The first-order chi connectivity index (χ1) is 52.7. The molecule has 0 radical (unpaired) electrons. The Kier molecular flexibility index (Phi) is 37.9. The average molecular weight is 1710 g/mol. The first kappa shape index (κ1) is 89.2. The molecule has 0 bridgehead atoms. The molecule has 0 aromatic heterocycles. The van der Waals surface area contributed by atoms with Crippen molar-refractivity contribution in [3.8, 4) is 22.3 Å². The molecule has 0 atom stereocenters. The van der Waals surface area contributed by atoms with Crippen LogP contribution in [0.15, 0.2) is 284 Å². The number of Topliss-reactive ketones (excluding diaryl/α,β-unsaturated/α-hetero) is 2. The zero-order valence-corrected chi connectivity index (χ0v) is 73.1. The second-order valence-corrected chi connectivity index (χ2v) is 33.1. The van der Waals surface area contributed by atoms with E-state index >= 15 is 0 Å². The van der Waals surface area contributed by atoms with E-state index < -0.39 is 20.3 Å². The smallest absolute Gasteiger partial charge is 0.850 e. The van der Waals surface area contributed by atoms with Gasteiger partial charge in [0.1, 0.15) is 11.6 Å². The van der Waals surface area contributed by atoms with Crippen molar-refractivity contribution in [3.05, 3.63) is 312 Å². The van der Waals surface area contributed by atoms with Gasteiger partial charge in [-0.25, -0.2) is 0 Å². The van der Waals surface area contributed by atoms with E-state index in [1.54, 1.807) is 49.1 Å². The van der Waals surface area contributed by atoms with Gasteiger partial charge in [-0.05, 0) is 202 Å². The standard InChI is InChI=1S/C40H32.C20H18Br2.C11H16BrO3P.C10H9BO2.C6H8O2.C4H8O.C4H9O.K/c1-3-11-37-33(7-1)9-5-13-39(37)35-23-19-31(20-24-35)27-29-15-17-30(18-16-29)28-32-21-25-36(26-22-32)40-14-6-10-34-8-2-4-12-38(34)40;21-19-9-5-17(6-10-19)13-15-1-2-16(4-3-15)14-18-7-11-20(22)12-8-18;1-3-14-16(13,15-4-2)9-10-5-7-11(12)8-6-10;12-11(13)10-7-3-5-8-4-1-2-6-9(8)10;7-5-1-2-6(8)4-3-5;1-2-4-5-3-1;1-4(2,3)5;/h1-14,19-28H,15-18H2;5-14H,1-4H2;5-8H,3-4,9H2,1-2H3;1-7,12-13H;1-4H2;1-4H2;1-3H3;/q;;;;;;-1;+1. The number of ketones is 2. The van der Waals surface area contributed by atoms with Gasteiger partial charge in [-0.15, -0.1) is 5.60 Å². The summed E-state index contributed by atoms with van der Waals surface area (Å²) in [6, 6.07) is 86.4. The molecule has 0 amide bonds. The second-order valence-electron chi connectivity index (χ2n) is 28.3. The third kappa shape index (κ3) is 30.9. The van der Waals surface area contributed by atoms with Crippen LogP contribution >= 0.6 is 55.4 Å². The minimum Gasteiger partial charge on any atom is -0.850 e. The summed E-state index contributed by atoms with van der Waals surface area (Å²) < 4.78 is 30.9. The molecule has 3 saturated carbocycles. The van der Waals surface area contributed by atoms with Gasteiger partial charge >= 0.3 is 66.1 Å². The van der Waals surface area contributed by atoms with Crippen LogP contribution < -0.4 is 62.0 Å². The quantitative estimate of drug-likeness (QED) is 0.0852. The van der Waals surface area contributed by atoms with Crippen LogP contribution in [0.3, 0.4) is 0 Å². The number of allylic oxidation sites excluding steroid dienone is 4. The molecule has 4 fully saturated rings. The summed E-state index contributed by atoms with van der Waals surface area (Å²) in [4.78, 5) is 20.9. The van der Waals surface area contributed by atoms with Gasteiger partial charge < -0.3 is 28.9 Å². The van der Waals surface area contributed by atoms with Gasteiger partial charge in [0.25, 0.3) is 0 Å². The van der Waals surface area contributed by atoms with Crippen molar-refractivity contribution < 1.29 is 94.5 Å². The molecular formula is C95H100BBr3KO9P. The largest absolute Gasteiger partial charge is 1.00 e. The maximum absolute atomic E-state index is 12.2. The predicted octanol–water partition coefficient (Wildman–Crippen LogP) is 22.0. The maximum atomic E-state index is 12.2. The number of rotatable bonds is 13. The molecule has 4 aliphatic rings. The molecule has 11 aromatic carbocycles. The average Bonchev–Trinajstić information content (AvgIpc) is 0.834. The van der Waals surface area contributed by atoms with Gasteiger partial charge in [0.05, 0.1) is 19.4 Å². The molecule has 1 saturated heterocycles. The fourth-order valence-corrected chi connectivity index (χ4v) is 15.5. The fraction of sp³-hybridized carbons (Fsp3) is 0.263. The summed E-state index contributed by atoms with van der Waals surface area (Å²) >= 11 is 10.3. The summed E-state index contributed by atoms with van der Waals surface area (Å²) in [6.07, 6.45) is 23.6. The minimum absolute atomic E-state index is 0. The summed E-state index contributed by atoms with van der Waals surface area (Å²) in [6.45, 7) is 11.3. The van der Waals surface area contributed by atoms with Crippen molar-refractivity contribution >= 4 is 136 Å². The first-order valence-corrected chi connectivity index (χ1v) is 42.0. The summed E-state index contributed by atoms with van der Waals surface area (Å²) in [5.74, 6) is 0.481. The molecule has 0 spiro atoms. The molecule has 9 nitrogen and oxygen atoms in total. The molecule has 1 heterocycles. The number of carbonyl (C=O) groups excluding carboxylic acids is 2. The Morgan fingerprint density at radius 3 is 1.03 bits per heavy atom. The third-order valence-electron chi connectivity index (χ3n) is 18.6. The Balaban J connectivity index is 0.000000183. The van der Waals surface area contributed by atoms with E-state index in [2.05, 4.69) is 254 Å². The van der Waals surface area contributed by atoms with E-state index in [0.717, 1.165) is 68.7 Å². The van der Waals surface area contributed by atoms with Gasteiger partial charge in [-0.1, -0.05) is 327 Å². The molecule has 15 rings (SSSR count). The van der Waals surface area contributed by atoms with E-state index in [1.165, 1.54) is 105 Å². The van der Waals surface area contributed by atoms with E-state index in [0.29, 0.717) is 50.5 Å². The van der Waals surface area contributed by atoms with Crippen LogP contribution in [-0.2, 0) is 34.1 Å². The topological polar surface area (TPSA) is 142 Å². The Hall–Kier alpha value is -6.37. The van der Waals surface area contributed by atoms with Crippen molar-refractivity contribution in [1.82, 2.24) is 0 Å². The molecule has 15 heteroatoms. The van der Waals surface area contributed by atoms with Crippen molar-refractivity contribution in [2.75, 3.05) is 26.4 Å². The van der Waals surface area contributed by atoms with E-state index in [1.807, 2.05) is 74.5 Å². The van der Waals surface area contributed by atoms with Crippen molar-refractivity contribution in [3.63, 3.8) is 0 Å². The number of benzene rings is 11. The number of carbonyl (C=O) groups is 2. The van der Waals surface area contributed by atoms with Gasteiger partial charge in [-0.3, -0.25) is 14.2 Å². The Morgan fingerprint density at radius 2 is 0.709 bits per heavy atom. The molecule has 1 aliphatic heterocycles. The van der Waals surface area contributed by atoms with Crippen LogP contribution in [0.5, 0.6) is 0 Å². The second kappa shape index (κ2) is 46.7. The normalized spacial score (nSPS) is 14.0. The molecule has 3 aliphatic carbocycles. The number of halogens is 3. The monoisotopic (exact) mass is 1700 g/mol. The number of hydrogen-bond donors (Lipinski definition) is 2. The minimum atomic E-state index is -2.97. The summed E-state index contributed by atoms with van der Waals surface area (Å²) in [5, 5.41) is 35.4. The molecule has 0 unspecified atom stereocenters. The van der Waals surface area contributed by atoms with Crippen LogP contribution in [0.2, 0.25) is 0 Å². The number of ether oxygens (including phenoxy) is 1. The van der Waals surface area contributed by atoms with E-state index in [4.69, 9.17) is 23.8 Å². The van der Waals surface area contributed by atoms with Crippen LogP contribution in [0.1, 0.15) is 152 Å². The molecule has 11 aromatic rings. The van der Waals surface area contributed by atoms with Gasteiger partial charge in [-0.2, -0.15) is 0 Å². The van der Waals surface area contributed by atoms with Crippen LogP contribution in [0.25, 0.3) is 78.9 Å². The van der Waals surface area contributed by atoms with Crippen LogP contribution in [0, 0.1) is 0 Å². The zero-order valence-electron chi connectivity index (χ0n) is 64.3. The Labute approximate surface area is 720 Å². The van der Waals surface area contributed by atoms with E-state index in [-0.39, 0.29) is 63.0 Å². The third-order valence-corrected chi connectivity index (χ3v) is 22.2. The fourth-order valence-electron chi connectivity index (χ4n) is 13.0. The number of hydrogen-bond acceptors (Lipinski definition) is 9. The Morgan fingerprint density at radius 1 is 0.418 bits per heavy atom. The van der Waals surface area contributed by atoms with Crippen LogP contribution in [-0.4, -0.2) is 60.8 Å². The van der Waals surface area contributed by atoms with Gasteiger partial charge in [0.2, 0.25) is 0 Å². The summed E-state index contributed by atoms with van der Waals surface area (Å²) in [5.41, 5.74) is 17.4. The summed E-state index contributed by atoms with van der Waals surface area (Å²) in [7, 11) is -4.37. The van der Waals surface area contributed by atoms with Gasteiger partial charge in [0.15, 0.2) is 0 Å². The van der Waals surface area contributed by atoms with Crippen molar-refractivity contribution in [2.45, 2.75) is 136 Å². The number of fused-ring (bicyclic) bond motifs is 3. The van der Waals surface area contributed by atoms with E-state index in [9.17, 15) is 19.3 Å². The first-order valence-electron chi connectivity index (χ1n) is 37.9. The van der Waals surface area contributed by atoms with Crippen LogP contribution in [0.4, 0.5) is 0 Å². The Bertz CT molecular complexity index is 4600. The van der Waals surface area contributed by atoms with Crippen molar-refractivity contribution in [1.29, 1.82) is 0 Å².